The SMILES string of the molecule is CCC1CCCCN1S(=O)(=O)c1ccc(NC(C)C)cc1. The van der Waals surface area contributed by atoms with E-state index in [4.69, 9.17) is 0 Å². The predicted octanol–water partition coefficient (Wildman–Crippen LogP) is 3.46. The van der Waals surface area contributed by atoms with Gasteiger partial charge >= 0.3 is 0 Å². The summed E-state index contributed by atoms with van der Waals surface area (Å²) in [4.78, 5) is 0.400. The fourth-order valence-corrected chi connectivity index (χ4v) is 4.66. The zero-order valence-corrected chi connectivity index (χ0v) is 14.0. The Morgan fingerprint density at radius 1 is 1.24 bits per heavy atom. The number of benzene rings is 1. The topological polar surface area (TPSA) is 49.4 Å². The van der Waals surface area contributed by atoms with Crippen molar-refractivity contribution in [1.29, 1.82) is 0 Å². The average Bonchev–Trinajstić information content (AvgIpc) is 2.47. The van der Waals surface area contributed by atoms with E-state index in [1.807, 2.05) is 12.1 Å². The number of nitrogens with one attached hydrogen (secondary N) is 1. The van der Waals surface area contributed by atoms with Crippen molar-refractivity contribution in [2.24, 2.45) is 0 Å². The average molecular weight is 310 g/mol. The molecule has 1 fully saturated rings. The van der Waals surface area contributed by atoms with E-state index < -0.39 is 10.0 Å². The Kier molecular flexibility index (Phi) is 5.27. The van der Waals surface area contributed by atoms with Gasteiger partial charge in [-0.05, 0) is 57.4 Å². The molecule has 1 aliphatic rings. The fourth-order valence-electron chi connectivity index (χ4n) is 2.89. The highest BCUT2D eigenvalue weighted by Crippen LogP contribution is 2.27. The second-order valence-corrected chi connectivity index (χ2v) is 7.89. The summed E-state index contributed by atoms with van der Waals surface area (Å²) in [5, 5.41) is 3.27. The molecule has 5 heteroatoms. The second kappa shape index (κ2) is 6.79. The summed E-state index contributed by atoms with van der Waals surface area (Å²) in [5.74, 6) is 0. The van der Waals surface area contributed by atoms with Gasteiger partial charge in [-0.3, -0.25) is 0 Å². The third-order valence-corrected chi connectivity index (χ3v) is 5.93. The van der Waals surface area contributed by atoms with E-state index in [9.17, 15) is 8.42 Å². The lowest BCUT2D eigenvalue weighted by molar-refractivity contribution is 0.246. The zero-order valence-electron chi connectivity index (χ0n) is 13.2. The molecule has 1 heterocycles. The molecule has 1 aromatic rings. The summed E-state index contributed by atoms with van der Waals surface area (Å²) >= 11 is 0. The van der Waals surface area contributed by atoms with Crippen LogP contribution in [0.1, 0.15) is 46.5 Å². The molecule has 21 heavy (non-hydrogen) atoms. The minimum Gasteiger partial charge on any atom is -0.383 e. The van der Waals surface area contributed by atoms with Crippen molar-refractivity contribution in [2.75, 3.05) is 11.9 Å². The van der Waals surface area contributed by atoms with E-state index in [1.54, 1.807) is 16.4 Å². The van der Waals surface area contributed by atoms with Gasteiger partial charge in [-0.1, -0.05) is 13.3 Å². The Morgan fingerprint density at radius 3 is 2.48 bits per heavy atom. The second-order valence-electron chi connectivity index (χ2n) is 6.00. The van der Waals surface area contributed by atoms with Gasteiger partial charge in [-0.25, -0.2) is 8.42 Å². The van der Waals surface area contributed by atoms with Crippen molar-refractivity contribution in [1.82, 2.24) is 4.31 Å². The molecule has 1 N–H and O–H groups in total. The minimum atomic E-state index is -3.36. The van der Waals surface area contributed by atoms with Crippen LogP contribution < -0.4 is 5.32 Å². The Labute approximate surface area is 128 Å². The van der Waals surface area contributed by atoms with Crippen LogP contribution in [0.2, 0.25) is 0 Å². The summed E-state index contributed by atoms with van der Waals surface area (Å²) in [6.07, 6.45) is 3.94. The lowest BCUT2D eigenvalue weighted by Gasteiger charge is -2.34. The molecule has 0 saturated carbocycles. The van der Waals surface area contributed by atoms with Gasteiger partial charge in [0.2, 0.25) is 10.0 Å². The monoisotopic (exact) mass is 310 g/mol. The number of hydrogen-bond donors (Lipinski definition) is 1. The van der Waals surface area contributed by atoms with Crippen LogP contribution in [-0.2, 0) is 10.0 Å². The maximum atomic E-state index is 12.8. The van der Waals surface area contributed by atoms with Gasteiger partial charge in [0, 0.05) is 24.3 Å². The van der Waals surface area contributed by atoms with Crippen molar-refractivity contribution in [3.8, 4) is 0 Å². The largest absolute Gasteiger partial charge is 0.383 e. The van der Waals surface area contributed by atoms with E-state index in [-0.39, 0.29) is 6.04 Å². The molecule has 0 radical (unpaired) electrons. The summed E-state index contributed by atoms with van der Waals surface area (Å²) in [6, 6.07) is 7.59. The van der Waals surface area contributed by atoms with Crippen LogP contribution >= 0.6 is 0 Å². The zero-order chi connectivity index (χ0) is 15.5. The van der Waals surface area contributed by atoms with E-state index in [0.717, 1.165) is 31.4 Å². The van der Waals surface area contributed by atoms with Crippen molar-refractivity contribution in [3.63, 3.8) is 0 Å². The molecular weight excluding hydrogens is 284 g/mol. The number of hydrogen-bond acceptors (Lipinski definition) is 3. The number of anilines is 1. The van der Waals surface area contributed by atoms with Gasteiger partial charge in [-0.15, -0.1) is 0 Å². The van der Waals surface area contributed by atoms with Crippen molar-refractivity contribution in [2.45, 2.75) is 63.4 Å². The number of piperidine rings is 1. The van der Waals surface area contributed by atoms with Gasteiger partial charge in [-0.2, -0.15) is 4.31 Å². The molecule has 0 bridgehead atoms. The number of nitrogens with zero attached hydrogens (tertiary/aromatic N) is 1. The van der Waals surface area contributed by atoms with Gasteiger partial charge in [0.25, 0.3) is 0 Å². The smallest absolute Gasteiger partial charge is 0.243 e. The molecule has 118 valence electrons. The van der Waals surface area contributed by atoms with Crippen molar-refractivity contribution >= 4 is 15.7 Å². The molecule has 0 amide bonds. The van der Waals surface area contributed by atoms with E-state index >= 15 is 0 Å². The maximum absolute atomic E-state index is 12.8. The molecule has 4 nitrogen and oxygen atoms in total. The van der Waals surface area contributed by atoms with Crippen molar-refractivity contribution < 1.29 is 8.42 Å². The first-order valence-corrected chi connectivity index (χ1v) is 9.27. The molecule has 0 spiro atoms. The standard InChI is InChI=1S/C16H26N2O2S/c1-4-15-7-5-6-12-18(15)21(19,20)16-10-8-14(9-11-16)17-13(2)3/h8-11,13,15,17H,4-7,12H2,1-3H3. The van der Waals surface area contributed by atoms with Gasteiger partial charge in [0.05, 0.1) is 4.90 Å². The van der Waals surface area contributed by atoms with Crippen LogP contribution in [0.3, 0.4) is 0 Å². The molecule has 0 aromatic heterocycles. The Morgan fingerprint density at radius 2 is 1.90 bits per heavy atom. The minimum absolute atomic E-state index is 0.150. The first-order chi connectivity index (χ1) is 9.95. The predicted molar refractivity (Wildman–Crippen MR) is 87.0 cm³/mol. The maximum Gasteiger partial charge on any atom is 0.243 e. The van der Waals surface area contributed by atoms with E-state index in [2.05, 4.69) is 26.1 Å². The first kappa shape index (κ1) is 16.3. The lowest BCUT2D eigenvalue weighted by atomic mass is 10.0. The van der Waals surface area contributed by atoms with Crippen LogP contribution in [0.4, 0.5) is 5.69 Å². The third-order valence-electron chi connectivity index (χ3n) is 3.96. The normalized spacial score (nSPS) is 20.7. The highest BCUT2D eigenvalue weighted by atomic mass is 32.2. The first-order valence-electron chi connectivity index (χ1n) is 7.83. The van der Waals surface area contributed by atoms with Crippen molar-refractivity contribution in [3.05, 3.63) is 24.3 Å². The van der Waals surface area contributed by atoms with Crippen LogP contribution in [0.15, 0.2) is 29.2 Å². The van der Waals surface area contributed by atoms with E-state index in [1.165, 1.54) is 0 Å². The van der Waals surface area contributed by atoms with E-state index in [0.29, 0.717) is 17.5 Å². The molecule has 0 aliphatic carbocycles. The fraction of sp³-hybridized carbons (Fsp3) is 0.625. The number of rotatable bonds is 5. The van der Waals surface area contributed by atoms with Crippen LogP contribution in [0, 0.1) is 0 Å². The highest BCUT2D eigenvalue weighted by Gasteiger charge is 2.32. The summed E-state index contributed by atoms with van der Waals surface area (Å²) < 4.78 is 27.3. The Balaban J connectivity index is 2.22. The molecule has 1 saturated heterocycles. The quantitative estimate of drug-likeness (QED) is 0.906. The molecule has 1 aliphatic heterocycles. The molecule has 1 unspecified atom stereocenters. The number of sulfonamides is 1. The van der Waals surface area contributed by atoms with Gasteiger partial charge in [0.15, 0.2) is 0 Å². The molecular formula is C16H26N2O2S. The Bertz CT molecular complexity index is 552. The molecule has 2 rings (SSSR count). The summed E-state index contributed by atoms with van der Waals surface area (Å²) in [5.41, 5.74) is 0.953. The molecule has 1 atom stereocenters. The lowest BCUT2D eigenvalue weighted by Crippen LogP contribution is -2.43. The third kappa shape index (κ3) is 3.77. The van der Waals surface area contributed by atoms with Crippen LogP contribution in [0.5, 0.6) is 0 Å². The van der Waals surface area contributed by atoms with Gasteiger partial charge in [0.1, 0.15) is 0 Å². The molecule has 1 aromatic carbocycles. The summed E-state index contributed by atoms with van der Waals surface area (Å²) in [7, 11) is -3.36. The van der Waals surface area contributed by atoms with Crippen LogP contribution in [-0.4, -0.2) is 31.4 Å². The summed E-state index contributed by atoms with van der Waals surface area (Å²) in [6.45, 7) is 6.83. The van der Waals surface area contributed by atoms with Gasteiger partial charge < -0.3 is 5.32 Å². The van der Waals surface area contributed by atoms with Crippen LogP contribution in [0.25, 0.3) is 0 Å². The highest BCUT2D eigenvalue weighted by molar-refractivity contribution is 7.89. The Hall–Kier alpha value is -1.07.